The van der Waals surface area contributed by atoms with Crippen LogP contribution in [-0.2, 0) is 0 Å². The number of fused-ring (bicyclic) bond motifs is 5. The van der Waals surface area contributed by atoms with Crippen molar-refractivity contribution >= 4 is 64.4 Å². The molecule has 0 bridgehead atoms. The molecular weight excluding hydrogens is 450 g/mol. The van der Waals surface area contributed by atoms with Gasteiger partial charge in [0.2, 0.25) is 0 Å². The van der Waals surface area contributed by atoms with Crippen LogP contribution in [0.4, 0.5) is 0 Å². The Morgan fingerprint density at radius 3 is 1.88 bits per heavy atom. The summed E-state index contributed by atoms with van der Waals surface area (Å²) in [6.45, 7) is 5.13. The second-order valence-electron chi connectivity index (χ2n) is 8.83. The quantitative estimate of drug-likeness (QED) is 0.106. The van der Waals surface area contributed by atoms with E-state index in [9.17, 15) is 0 Å². The molecule has 1 N–H and O–H groups in total. The van der Waals surface area contributed by atoms with Gasteiger partial charge < -0.3 is 5.32 Å². The highest BCUT2D eigenvalue weighted by atomic mass is 32.1. The van der Waals surface area contributed by atoms with Gasteiger partial charge in [-0.25, -0.2) is 0 Å². The zero-order valence-corrected chi connectivity index (χ0v) is 21.5. The Balaban J connectivity index is 1.38. The summed E-state index contributed by atoms with van der Waals surface area (Å²) in [5.74, 6) is 9.55. The normalized spacial score (nSPS) is 11.0. The highest BCUT2D eigenvalue weighted by molar-refractivity contribution is 7.20. The summed E-state index contributed by atoms with van der Waals surface area (Å²) in [4.78, 5) is 2.25. The van der Waals surface area contributed by atoms with E-state index in [0.29, 0.717) is 0 Å². The van der Waals surface area contributed by atoms with E-state index in [1.807, 2.05) is 6.92 Å². The topological polar surface area (TPSA) is 12.0 Å². The molecule has 0 aliphatic heterocycles. The minimum atomic E-state index is 0.975. The molecule has 1 nitrogen and oxygen atoms in total. The van der Waals surface area contributed by atoms with Gasteiger partial charge in [0.1, 0.15) is 0 Å². The Morgan fingerprint density at radius 1 is 0.676 bits per heavy atom. The first-order chi connectivity index (χ1) is 16.7. The van der Waals surface area contributed by atoms with Crippen LogP contribution in [0.5, 0.6) is 0 Å². The summed E-state index contributed by atoms with van der Waals surface area (Å²) < 4.78 is 2.59. The first kappa shape index (κ1) is 22.8. The Kier molecular flexibility index (Phi) is 7.05. The van der Waals surface area contributed by atoms with Crippen molar-refractivity contribution in [1.82, 2.24) is 5.32 Å². The maximum atomic E-state index is 3.32. The number of thiophene rings is 2. The Hall–Kier alpha value is -2.98. The molecule has 3 aromatic carbocycles. The number of hydrogen-bond acceptors (Lipinski definition) is 3. The van der Waals surface area contributed by atoms with Gasteiger partial charge >= 0.3 is 0 Å². The molecule has 5 aromatic rings. The predicted molar refractivity (Wildman–Crippen MR) is 153 cm³/mol. The van der Waals surface area contributed by atoms with E-state index in [2.05, 4.69) is 84.6 Å². The van der Waals surface area contributed by atoms with Gasteiger partial charge in [0.05, 0.1) is 9.75 Å². The fourth-order valence-corrected chi connectivity index (χ4v) is 6.47. The SMILES string of the molecule is CC#Cc1cc2cc3ccc4cc5cc(C#CNCCCCCCCC)sc5cc4c3cc2s1. The number of hydrogen-bond donors (Lipinski definition) is 1. The minimum absolute atomic E-state index is 0.975. The fourth-order valence-electron chi connectivity index (χ4n) is 4.54. The predicted octanol–water partition coefficient (Wildman–Crippen LogP) is 9.05. The third-order valence-corrected chi connectivity index (χ3v) is 8.31. The maximum Gasteiger partial charge on any atom is 0.0799 e. The van der Waals surface area contributed by atoms with Crippen molar-refractivity contribution in [1.29, 1.82) is 0 Å². The molecular formula is C31H29NS2. The lowest BCUT2D eigenvalue weighted by atomic mass is 10.00. The first-order valence-corrected chi connectivity index (χ1v) is 13.9. The molecule has 3 heteroatoms. The summed E-state index contributed by atoms with van der Waals surface area (Å²) in [5.41, 5.74) is 0. The van der Waals surface area contributed by atoms with Crippen LogP contribution in [-0.4, -0.2) is 6.54 Å². The van der Waals surface area contributed by atoms with Crippen LogP contribution < -0.4 is 5.32 Å². The van der Waals surface area contributed by atoms with Gasteiger partial charge in [0.15, 0.2) is 0 Å². The Labute approximate surface area is 210 Å². The highest BCUT2D eigenvalue weighted by Crippen LogP contribution is 2.36. The zero-order chi connectivity index (χ0) is 23.3. The van der Waals surface area contributed by atoms with Crippen LogP contribution in [0.2, 0.25) is 0 Å². The molecule has 0 spiro atoms. The standard InChI is InChI=1S/C31H29NS2/c1-3-5-6-7-8-9-14-32-15-13-27-19-25-17-23-12-11-22-16-24-18-26(10-4-2)33-30(24)20-28(22)29(23)21-31(25)34-27/h11-12,16-21,32H,3,5-9,14H2,1-2H3. The summed E-state index contributed by atoms with van der Waals surface area (Å²) >= 11 is 3.56. The second-order valence-corrected chi connectivity index (χ2v) is 11.0. The van der Waals surface area contributed by atoms with E-state index >= 15 is 0 Å². The molecule has 5 rings (SSSR count). The molecule has 2 heterocycles. The summed E-state index contributed by atoms with van der Waals surface area (Å²) in [7, 11) is 0. The molecule has 170 valence electrons. The molecule has 0 unspecified atom stereocenters. The lowest BCUT2D eigenvalue weighted by Gasteiger charge is -2.05. The summed E-state index contributed by atoms with van der Waals surface area (Å²) in [5, 5.41) is 11.0. The summed E-state index contributed by atoms with van der Waals surface area (Å²) in [6.07, 6.45) is 7.86. The average molecular weight is 480 g/mol. The first-order valence-electron chi connectivity index (χ1n) is 12.3. The molecule has 0 radical (unpaired) electrons. The molecule has 0 amide bonds. The minimum Gasteiger partial charge on any atom is -0.346 e. The van der Waals surface area contributed by atoms with Crippen molar-refractivity contribution in [3.63, 3.8) is 0 Å². The number of nitrogens with one attached hydrogen (secondary N) is 1. The van der Waals surface area contributed by atoms with Crippen LogP contribution in [0.3, 0.4) is 0 Å². The van der Waals surface area contributed by atoms with Crippen molar-refractivity contribution in [3.8, 4) is 23.8 Å². The van der Waals surface area contributed by atoms with Crippen molar-refractivity contribution in [2.24, 2.45) is 0 Å². The van der Waals surface area contributed by atoms with Gasteiger partial charge in [-0.3, -0.25) is 0 Å². The third-order valence-electron chi connectivity index (χ3n) is 6.29. The summed E-state index contributed by atoms with van der Waals surface area (Å²) in [6, 6.07) is 21.4. The smallest absolute Gasteiger partial charge is 0.0799 e. The van der Waals surface area contributed by atoms with Gasteiger partial charge in [-0.1, -0.05) is 57.1 Å². The van der Waals surface area contributed by atoms with Crippen molar-refractivity contribution < 1.29 is 0 Å². The van der Waals surface area contributed by atoms with E-state index in [1.54, 1.807) is 22.7 Å². The monoisotopic (exact) mass is 479 g/mol. The van der Waals surface area contributed by atoms with E-state index in [-0.39, 0.29) is 0 Å². The van der Waals surface area contributed by atoms with E-state index in [0.717, 1.165) is 16.3 Å². The van der Waals surface area contributed by atoms with Crippen LogP contribution in [0.15, 0.2) is 48.5 Å². The van der Waals surface area contributed by atoms with Crippen LogP contribution in [0.1, 0.15) is 62.1 Å². The van der Waals surface area contributed by atoms with Crippen LogP contribution in [0.25, 0.3) is 41.7 Å². The van der Waals surface area contributed by atoms with Crippen molar-refractivity contribution in [2.45, 2.75) is 52.4 Å². The Bertz CT molecular complexity index is 1590. The van der Waals surface area contributed by atoms with Gasteiger partial charge in [-0.05, 0) is 88.0 Å². The van der Waals surface area contributed by atoms with Gasteiger partial charge in [0, 0.05) is 22.0 Å². The van der Waals surface area contributed by atoms with E-state index < -0.39 is 0 Å². The second kappa shape index (κ2) is 10.5. The lowest BCUT2D eigenvalue weighted by molar-refractivity contribution is 0.600. The third kappa shape index (κ3) is 4.92. The van der Waals surface area contributed by atoms with Crippen LogP contribution in [0, 0.1) is 23.8 Å². The molecule has 0 aliphatic carbocycles. The average Bonchev–Trinajstić information content (AvgIpc) is 3.42. The molecule has 0 fully saturated rings. The molecule has 34 heavy (non-hydrogen) atoms. The number of rotatable bonds is 7. The van der Waals surface area contributed by atoms with E-state index in [4.69, 9.17) is 0 Å². The maximum absolute atomic E-state index is 3.32. The van der Waals surface area contributed by atoms with Crippen LogP contribution >= 0.6 is 22.7 Å². The molecule has 0 saturated heterocycles. The Morgan fingerprint density at radius 2 is 1.26 bits per heavy atom. The largest absolute Gasteiger partial charge is 0.346 e. The number of benzene rings is 3. The molecule has 0 atom stereocenters. The lowest BCUT2D eigenvalue weighted by Crippen LogP contribution is -2.07. The van der Waals surface area contributed by atoms with Gasteiger partial charge in [-0.15, -0.1) is 28.6 Å². The molecule has 0 saturated carbocycles. The van der Waals surface area contributed by atoms with E-state index in [1.165, 1.54) is 80.2 Å². The van der Waals surface area contributed by atoms with Crippen molar-refractivity contribution in [3.05, 3.63) is 58.3 Å². The van der Waals surface area contributed by atoms with Gasteiger partial charge in [-0.2, -0.15) is 0 Å². The number of unbranched alkanes of at least 4 members (excludes halogenated alkanes) is 5. The highest BCUT2D eigenvalue weighted by Gasteiger charge is 2.08. The zero-order valence-electron chi connectivity index (χ0n) is 19.9. The van der Waals surface area contributed by atoms with Gasteiger partial charge in [0.25, 0.3) is 0 Å². The molecule has 0 aliphatic rings. The molecule has 2 aromatic heterocycles. The van der Waals surface area contributed by atoms with Crippen molar-refractivity contribution in [2.75, 3.05) is 6.54 Å². The fraction of sp³-hybridized carbons (Fsp3) is 0.290.